The zero-order valence-electron chi connectivity index (χ0n) is 20.1. The second-order valence-electron chi connectivity index (χ2n) is 9.20. The maximum absolute atomic E-state index is 13.6. The Morgan fingerprint density at radius 3 is 2.43 bits per heavy atom. The van der Waals surface area contributed by atoms with E-state index in [9.17, 15) is 19.8 Å². The minimum Gasteiger partial charge on any atom is -0.505 e. The Morgan fingerprint density at radius 2 is 1.74 bits per heavy atom. The van der Waals surface area contributed by atoms with Crippen LogP contribution in [0.25, 0.3) is 0 Å². The molecule has 1 aliphatic rings. The monoisotopic (exact) mass is 479 g/mol. The van der Waals surface area contributed by atoms with E-state index < -0.39 is 11.8 Å². The Balaban J connectivity index is 1.77. The molecule has 186 valence electrons. The zero-order valence-corrected chi connectivity index (χ0v) is 20.1. The van der Waals surface area contributed by atoms with Crippen molar-refractivity contribution in [3.63, 3.8) is 0 Å². The number of H-pyrrole nitrogens is 1. The SMILES string of the molecule is CN(C)C(O)c1cccc(Nc2c(NCc3ccccc3)c(=O)[nH]n(C3CCCCC3)c2=O)c1O. The molecule has 1 atom stereocenters. The maximum Gasteiger partial charge on any atom is 0.291 e. The maximum atomic E-state index is 13.6. The molecule has 1 unspecified atom stereocenters. The summed E-state index contributed by atoms with van der Waals surface area (Å²) in [5.41, 5.74) is 0.835. The van der Waals surface area contributed by atoms with Crippen molar-refractivity contribution in [1.29, 1.82) is 0 Å². The van der Waals surface area contributed by atoms with Gasteiger partial charge in [-0.25, -0.2) is 4.68 Å². The molecule has 5 N–H and O–H groups in total. The van der Waals surface area contributed by atoms with Crippen molar-refractivity contribution in [1.82, 2.24) is 14.7 Å². The molecule has 35 heavy (non-hydrogen) atoms. The topological polar surface area (TPSA) is 123 Å². The Hall–Kier alpha value is -3.56. The lowest BCUT2D eigenvalue weighted by Crippen LogP contribution is -2.36. The molecule has 9 heteroatoms. The van der Waals surface area contributed by atoms with Crippen molar-refractivity contribution in [3.05, 3.63) is 80.4 Å². The first-order chi connectivity index (χ1) is 16.9. The minimum atomic E-state index is -1.04. The van der Waals surface area contributed by atoms with E-state index in [1.54, 1.807) is 37.2 Å². The molecule has 0 spiro atoms. The van der Waals surface area contributed by atoms with E-state index >= 15 is 0 Å². The van der Waals surface area contributed by atoms with Gasteiger partial charge in [0.05, 0.1) is 11.7 Å². The van der Waals surface area contributed by atoms with Crippen LogP contribution in [0, 0.1) is 0 Å². The first kappa shape index (κ1) is 24.6. The number of phenolic OH excluding ortho intramolecular Hbond substituents is 1. The molecule has 4 rings (SSSR count). The van der Waals surface area contributed by atoms with Crippen molar-refractivity contribution in [2.45, 2.75) is 50.9 Å². The molecule has 2 aromatic carbocycles. The van der Waals surface area contributed by atoms with Crippen LogP contribution in [0.2, 0.25) is 0 Å². The number of aromatic hydroxyl groups is 1. The van der Waals surface area contributed by atoms with E-state index in [2.05, 4.69) is 15.7 Å². The number of anilines is 3. The molecule has 0 radical (unpaired) electrons. The normalized spacial score (nSPS) is 15.2. The van der Waals surface area contributed by atoms with Gasteiger partial charge < -0.3 is 20.8 Å². The van der Waals surface area contributed by atoms with Gasteiger partial charge in [0.25, 0.3) is 11.1 Å². The molecule has 0 amide bonds. The Morgan fingerprint density at radius 1 is 1.03 bits per heavy atom. The number of para-hydroxylation sites is 1. The number of nitrogens with zero attached hydrogens (tertiary/aromatic N) is 2. The number of hydrogen-bond donors (Lipinski definition) is 5. The molecule has 0 bridgehead atoms. The second-order valence-corrected chi connectivity index (χ2v) is 9.20. The predicted molar refractivity (Wildman–Crippen MR) is 137 cm³/mol. The number of hydrogen-bond acceptors (Lipinski definition) is 7. The van der Waals surface area contributed by atoms with Crippen LogP contribution >= 0.6 is 0 Å². The molecule has 3 aromatic rings. The number of aromatic amines is 1. The van der Waals surface area contributed by atoms with Crippen molar-refractivity contribution < 1.29 is 10.2 Å². The molecular weight excluding hydrogens is 446 g/mol. The highest BCUT2D eigenvalue weighted by Crippen LogP contribution is 2.35. The van der Waals surface area contributed by atoms with E-state index in [0.29, 0.717) is 6.54 Å². The summed E-state index contributed by atoms with van der Waals surface area (Å²) < 4.78 is 1.42. The fourth-order valence-electron chi connectivity index (χ4n) is 4.51. The van der Waals surface area contributed by atoms with Crippen LogP contribution in [0.15, 0.2) is 58.1 Å². The number of rotatable bonds is 8. The van der Waals surface area contributed by atoms with Crippen molar-refractivity contribution >= 4 is 17.1 Å². The zero-order chi connectivity index (χ0) is 24.9. The number of benzene rings is 2. The van der Waals surface area contributed by atoms with E-state index in [-0.39, 0.29) is 40.0 Å². The first-order valence-corrected chi connectivity index (χ1v) is 12.0. The van der Waals surface area contributed by atoms with Crippen LogP contribution < -0.4 is 21.8 Å². The lowest BCUT2D eigenvalue weighted by molar-refractivity contribution is 0.0376. The fourth-order valence-corrected chi connectivity index (χ4v) is 4.51. The van der Waals surface area contributed by atoms with Crippen LogP contribution in [0.3, 0.4) is 0 Å². The third-order valence-corrected chi connectivity index (χ3v) is 6.48. The molecule has 0 saturated heterocycles. The predicted octanol–water partition coefficient (Wildman–Crippen LogP) is 3.66. The average molecular weight is 480 g/mol. The van der Waals surface area contributed by atoms with Gasteiger partial charge in [0, 0.05) is 12.1 Å². The molecular formula is C26H33N5O4. The molecule has 1 fully saturated rings. The van der Waals surface area contributed by atoms with Crippen LogP contribution in [0.4, 0.5) is 17.1 Å². The van der Waals surface area contributed by atoms with E-state index in [1.807, 2.05) is 30.3 Å². The quantitative estimate of drug-likeness (QED) is 0.247. The van der Waals surface area contributed by atoms with Crippen molar-refractivity contribution in [2.24, 2.45) is 0 Å². The number of aromatic nitrogens is 2. The van der Waals surface area contributed by atoms with Gasteiger partial charge in [0.2, 0.25) is 0 Å². The van der Waals surface area contributed by atoms with Crippen molar-refractivity contribution in [3.8, 4) is 5.75 Å². The summed E-state index contributed by atoms with van der Waals surface area (Å²) in [6.07, 6.45) is 3.73. The molecule has 1 aromatic heterocycles. The van der Waals surface area contributed by atoms with Gasteiger partial charge in [-0.2, -0.15) is 0 Å². The van der Waals surface area contributed by atoms with Crippen LogP contribution in [0.1, 0.15) is 55.5 Å². The van der Waals surface area contributed by atoms with Gasteiger partial charge in [-0.05, 0) is 38.6 Å². The summed E-state index contributed by atoms with van der Waals surface area (Å²) in [7, 11) is 3.38. The average Bonchev–Trinajstić information content (AvgIpc) is 2.87. The van der Waals surface area contributed by atoms with Crippen molar-refractivity contribution in [2.75, 3.05) is 24.7 Å². The molecule has 1 heterocycles. The van der Waals surface area contributed by atoms with Crippen LogP contribution in [-0.2, 0) is 6.54 Å². The first-order valence-electron chi connectivity index (χ1n) is 12.0. The van der Waals surface area contributed by atoms with E-state index in [1.165, 1.54) is 4.68 Å². The molecule has 1 aliphatic carbocycles. The molecule has 1 saturated carbocycles. The molecule has 9 nitrogen and oxygen atoms in total. The highest BCUT2D eigenvalue weighted by molar-refractivity contribution is 5.76. The highest BCUT2D eigenvalue weighted by Gasteiger charge is 2.24. The Kier molecular flexibility index (Phi) is 7.57. The lowest BCUT2D eigenvalue weighted by atomic mass is 9.95. The third-order valence-electron chi connectivity index (χ3n) is 6.48. The van der Waals surface area contributed by atoms with Gasteiger partial charge in [0.15, 0.2) is 0 Å². The number of phenols is 1. The smallest absolute Gasteiger partial charge is 0.291 e. The Labute approximate surface area is 204 Å². The largest absolute Gasteiger partial charge is 0.505 e. The van der Waals surface area contributed by atoms with Gasteiger partial charge >= 0.3 is 0 Å². The summed E-state index contributed by atoms with van der Waals surface area (Å²) in [5.74, 6) is -0.188. The minimum absolute atomic E-state index is 0.0575. The highest BCUT2D eigenvalue weighted by atomic mass is 16.3. The summed E-state index contributed by atoms with van der Waals surface area (Å²) in [4.78, 5) is 28.4. The molecule has 0 aliphatic heterocycles. The Bertz CT molecular complexity index is 1260. The van der Waals surface area contributed by atoms with Gasteiger partial charge in [-0.15, -0.1) is 0 Å². The summed E-state index contributed by atoms with van der Waals surface area (Å²) in [6.45, 7) is 0.344. The number of nitrogens with one attached hydrogen (secondary N) is 3. The number of aliphatic hydroxyl groups is 1. The van der Waals surface area contributed by atoms with Gasteiger partial charge in [0.1, 0.15) is 23.4 Å². The summed E-state index contributed by atoms with van der Waals surface area (Å²) >= 11 is 0. The number of aliphatic hydroxyl groups excluding tert-OH is 1. The lowest BCUT2D eigenvalue weighted by Gasteiger charge is -2.25. The summed E-state index contributed by atoms with van der Waals surface area (Å²) in [5, 5.41) is 30.2. The third kappa shape index (κ3) is 5.41. The summed E-state index contributed by atoms with van der Waals surface area (Å²) in [6, 6.07) is 14.4. The van der Waals surface area contributed by atoms with Crippen LogP contribution in [-0.4, -0.2) is 39.0 Å². The fraction of sp³-hybridized carbons (Fsp3) is 0.385. The van der Waals surface area contributed by atoms with E-state index in [4.69, 9.17) is 0 Å². The van der Waals surface area contributed by atoms with Gasteiger partial charge in [-0.1, -0.05) is 61.7 Å². The van der Waals surface area contributed by atoms with Gasteiger partial charge in [-0.3, -0.25) is 19.6 Å². The van der Waals surface area contributed by atoms with Crippen LogP contribution in [0.5, 0.6) is 5.75 Å². The standard InChI is InChI=1S/C26H33N5O4/c1-30(2)25(34)19-14-9-15-20(23(19)32)28-22-21(27-16-17-10-5-3-6-11-17)24(33)29-31(26(22)35)18-12-7-4-8-13-18/h3,5-6,9-11,14-15,18,25,27-28,32,34H,4,7-8,12-13,16H2,1-2H3,(H,29,33). The second kappa shape index (κ2) is 10.8. The van der Waals surface area contributed by atoms with E-state index in [0.717, 1.165) is 37.7 Å².